The van der Waals surface area contributed by atoms with Crippen molar-refractivity contribution in [3.8, 4) is 0 Å². The first-order valence-electron chi connectivity index (χ1n) is 4.58. The highest BCUT2D eigenvalue weighted by Crippen LogP contribution is 2.12. The summed E-state index contributed by atoms with van der Waals surface area (Å²) in [6.45, 7) is 5.17. The van der Waals surface area contributed by atoms with E-state index in [9.17, 15) is 0 Å². The SMILES string of the molecule is C=CCN(CC=CO)c1ccccc1. The van der Waals surface area contributed by atoms with E-state index in [2.05, 4.69) is 11.5 Å². The molecule has 0 aliphatic rings. The second-order valence-corrected chi connectivity index (χ2v) is 2.91. The molecule has 0 bridgehead atoms. The number of hydrogen-bond acceptors (Lipinski definition) is 2. The Bertz CT molecular complexity index is 292. The molecule has 74 valence electrons. The minimum absolute atomic E-state index is 0.687. The molecule has 14 heavy (non-hydrogen) atoms. The Morgan fingerprint density at radius 1 is 1.21 bits per heavy atom. The van der Waals surface area contributed by atoms with Crippen LogP contribution < -0.4 is 4.90 Å². The zero-order valence-corrected chi connectivity index (χ0v) is 8.13. The van der Waals surface area contributed by atoms with Crippen molar-refractivity contribution in [3.05, 3.63) is 55.3 Å². The molecule has 2 heteroatoms. The van der Waals surface area contributed by atoms with Gasteiger partial charge in [-0.25, -0.2) is 0 Å². The lowest BCUT2D eigenvalue weighted by atomic mass is 10.3. The van der Waals surface area contributed by atoms with Gasteiger partial charge >= 0.3 is 0 Å². The van der Waals surface area contributed by atoms with E-state index in [1.807, 2.05) is 36.4 Å². The third-order valence-electron chi connectivity index (χ3n) is 1.90. The Balaban J connectivity index is 2.71. The molecule has 0 unspecified atom stereocenters. The van der Waals surface area contributed by atoms with Crippen LogP contribution in [0.3, 0.4) is 0 Å². The molecule has 0 fully saturated rings. The topological polar surface area (TPSA) is 23.5 Å². The number of para-hydroxylation sites is 1. The van der Waals surface area contributed by atoms with Crippen molar-refractivity contribution in [2.75, 3.05) is 18.0 Å². The number of aliphatic hydroxyl groups excluding tert-OH is 1. The van der Waals surface area contributed by atoms with E-state index in [1.54, 1.807) is 6.08 Å². The van der Waals surface area contributed by atoms with E-state index in [0.29, 0.717) is 6.54 Å². The van der Waals surface area contributed by atoms with Gasteiger partial charge < -0.3 is 10.0 Å². The average molecular weight is 189 g/mol. The van der Waals surface area contributed by atoms with Crippen molar-refractivity contribution >= 4 is 5.69 Å². The minimum atomic E-state index is 0.687. The van der Waals surface area contributed by atoms with Crippen molar-refractivity contribution in [3.63, 3.8) is 0 Å². The molecule has 0 aliphatic carbocycles. The van der Waals surface area contributed by atoms with Crippen molar-refractivity contribution in [2.45, 2.75) is 0 Å². The first-order valence-corrected chi connectivity index (χ1v) is 4.58. The molecule has 1 aromatic rings. The number of benzene rings is 1. The zero-order valence-electron chi connectivity index (χ0n) is 8.13. The van der Waals surface area contributed by atoms with Crippen molar-refractivity contribution in [1.82, 2.24) is 0 Å². The lowest BCUT2D eigenvalue weighted by Crippen LogP contribution is -2.22. The first kappa shape index (κ1) is 10.4. The Morgan fingerprint density at radius 3 is 2.50 bits per heavy atom. The normalized spacial score (nSPS) is 10.3. The van der Waals surface area contributed by atoms with Crippen LogP contribution in [-0.2, 0) is 0 Å². The maximum atomic E-state index is 8.60. The Kier molecular flexibility index (Phi) is 4.35. The molecule has 0 saturated carbocycles. The highest BCUT2D eigenvalue weighted by Gasteiger charge is 2.00. The summed E-state index contributed by atoms with van der Waals surface area (Å²) in [5.41, 5.74) is 1.13. The molecule has 1 rings (SSSR count). The molecule has 0 atom stereocenters. The molecule has 1 aromatic carbocycles. The van der Waals surface area contributed by atoms with Gasteiger partial charge in [-0.1, -0.05) is 24.3 Å². The van der Waals surface area contributed by atoms with Gasteiger partial charge in [-0.3, -0.25) is 0 Å². The van der Waals surface area contributed by atoms with Crippen LogP contribution in [0.25, 0.3) is 0 Å². The number of aliphatic hydroxyl groups is 1. The van der Waals surface area contributed by atoms with E-state index < -0.39 is 0 Å². The van der Waals surface area contributed by atoms with Gasteiger partial charge in [0.1, 0.15) is 0 Å². The summed E-state index contributed by atoms with van der Waals surface area (Å²) in [7, 11) is 0. The summed E-state index contributed by atoms with van der Waals surface area (Å²) >= 11 is 0. The van der Waals surface area contributed by atoms with Gasteiger partial charge in [-0.2, -0.15) is 0 Å². The smallest absolute Gasteiger partial charge is 0.0769 e. The van der Waals surface area contributed by atoms with Gasteiger partial charge in [-0.05, 0) is 18.2 Å². The number of rotatable bonds is 5. The predicted molar refractivity (Wildman–Crippen MR) is 60.6 cm³/mol. The Labute approximate surface area is 84.8 Å². The summed E-state index contributed by atoms with van der Waals surface area (Å²) in [4.78, 5) is 2.11. The van der Waals surface area contributed by atoms with E-state index in [1.165, 1.54) is 0 Å². The quantitative estimate of drug-likeness (QED) is 0.568. The maximum Gasteiger partial charge on any atom is 0.0769 e. The van der Waals surface area contributed by atoms with E-state index in [-0.39, 0.29) is 0 Å². The monoisotopic (exact) mass is 189 g/mol. The van der Waals surface area contributed by atoms with Crippen molar-refractivity contribution < 1.29 is 5.11 Å². The Morgan fingerprint density at radius 2 is 1.93 bits per heavy atom. The molecular weight excluding hydrogens is 174 g/mol. The maximum absolute atomic E-state index is 8.60. The van der Waals surface area contributed by atoms with Gasteiger partial charge in [0.2, 0.25) is 0 Å². The molecule has 0 spiro atoms. The fourth-order valence-electron chi connectivity index (χ4n) is 1.25. The standard InChI is InChI=1S/C12H15NO/c1-2-9-13(10-6-11-14)12-7-4-3-5-8-12/h2-8,11,14H,1,9-10H2. The third-order valence-corrected chi connectivity index (χ3v) is 1.90. The summed E-state index contributed by atoms with van der Waals surface area (Å²) in [5, 5.41) is 8.60. The summed E-state index contributed by atoms with van der Waals surface area (Å²) in [6.07, 6.45) is 4.62. The highest BCUT2D eigenvalue weighted by molar-refractivity contribution is 5.47. The average Bonchev–Trinajstić information content (AvgIpc) is 2.25. The lowest BCUT2D eigenvalue weighted by molar-refractivity contribution is 0.471. The zero-order chi connectivity index (χ0) is 10.2. The summed E-state index contributed by atoms with van der Waals surface area (Å²) in [5.74, 6) is 0. The second-order valence-electron chi connectivity index (χ2n) is 2.91. The summed E-state index contributed by atoms with van der Waals surface area (Å²) in [6, 6.07) is 10.0. The van der Waals surface area contributed by atoms with Gasteiger partial charge in [0.25, 0.3) is 0 Å². The van der Waals surface area contributed by atoms with E-state index in [4.69, 9.17) is 5.11 Å². The van der Waals surface area contributed by atoms with Crippen LogP contribution in [0.1, 0.15) is 0 Å². The molecule has 0 saturated heterocycles. The number of anilines is 1. The molecule has 0 aromatic heterocycles. The fraction of sp³-hybridized carbons (Fsp3) is 0.167. The van der Waals surface area contributed by atoms with Crippen LogP contribution in [0.5, 0.6) is 0 Å². The van der Waals surface area contributed by atoms with E-state index >= 15 is 0 Å². The van der Waals surface area contributed by atoms with Crippen LogP contribution in [-0.4, -0.2) is 18.2 Å². The van der Waals surface area contributed by atoms with Crippen molar-refractivity contribution in [1.29, 1.82) is 0 Å². The van der Waals surface area contributed by atoms with Gasteiger partial charge in [-0.15, -0.1) is 6.58 Å². The van der Waals surface area contributed by atoms with Gasteiger partial charge in [0.05, 0.1) is 6.26 Å². The molecular formula is C12H15NO. The van der Waals surface area contributed by atoms with Crippen molar-refractivity contribution in [2.24, 2.45) is 0 Å². The van der Waals surface area contributed by atoms with Crippen LogP contribution in [0, 0.1) is 0 Å². The largest absolute Gasteiger partial charge is 0.516 e. The second kappa shape index (κ2) is 5.86. The third kappa shape index (κ3) is 2.98. The highest BCUT2D eigenvalue weighted by atomic mass is 16.2. The minimum Gasteiger partial charge on any atom is -0.516 e. The molecule has 0 aliphatic heterocycles. The Hall–Kier alpha value is -1.70. The van der Waals surface area contributed by atoms with Crippen LogP contribution >= 0.6 is 0 Å². The van der Waals surface area contributed by atoms with Crippen LogP contribution in [0.2, 0.25) is 0 Å². The fourth-order valence-corrected chi connectivity index (χ4v) is 1.25. The van der Waals surface area contributed by atoms with Gasteiger partial charge in [0.15, 0.2) is 0 Å². The summed E-state index contributed by atoms with van der Waals surface area (Å²) < 4.78 is 0. The van der Waals surface area contributed by atoms with E-state index in [0.717, 1.165) is 18.5 Å². The first-order chi connectivity index (χ1) is 6.88. The molecule has 2 nitrogen and oxygen atoms in total. The number of nitrogens with zero attached hydrogens (tertiary/aromatic N) is 1. The van der Waals surface area contributed by atoms with Crippen LogP contribution in [0.15, 0.2) is 55.3 Å². The number of hydrogen-bond donors (Lipinski definition) is 1. The molecule has 0 heterocycles. The van der Waals surface area contributed by atoms with Crippen LogP contribution in [0.4, 0.5) is 5.69 Å². The lowest BCUT2D eigenvalue weighted by Gasteiger charge is -2.21. The predicted octanol–water partition coefficient (Wildman–Crippen LogP) is 2.75. The molecule has 0 radical (unpaired) electrons. The molecule has 0 amide bonds. The van der Waals surface area contributed by atoms with Gasteiger partial charge in [0, 0.05) is 18.8 Å². The molecule has 1 N–H and O–H groups in total.